The Morgan fingerprint density at radius 2 is 1.90 bits per heavy atom. The van der Waals surface area contributed by atoms with E-state index in [2.05, 4.69) is 10.3 Å². The summed E-state index contributed by atoms with van der Waals surface area (Å²) in [4.78, 5) is 17.3. The van der Waals surface area contributed by atoms with E-state index in [-0.39, 0.29) is 5.91 Å². The Hall–Kier alpha value is -2.46. The maximum absolute atomic E-state index is 12.1. The Kier molecular flexibility index (Phi) is 4.07. The summed E-state index contributed by atoms with van der Waals surface area (Å²) in [6, 6.07) is 15.5. The van der Waals surface area contributed by atoms with Gasteiger partial charge in [0.15, 0.2) is 0 Å². The van der Waals surface area contributed by atoms with E-state index in [9.17, 15) is 4.79 Å². The number of pyridine rings is 1. The van der Waals surface area contributed by atoms with Gasteiger partial charge in [0.1, 0.15) is 0 Å². The highest BCUT2D eigenvalue weighted by atomic mass is 32.1. The lowest BCUT2D eigenvalue weighted by molar-refractivity contribution is 0.0951. The molecule has 0 aliphatic heterocycles. The zero-order valence-corrected chi connectivity index (χ0v) is 12.1. The second-order valence-corrected chi connectivity index (χ2v) is 5.61. The first-order chi connectivity index (χ1) is 10.3. The normalized spacial score (nSPS) is 10.3. The van der Waals surface area contributed by atoms with Crippen LogP contribution >= 0.6 is 11.3 Å². The van der Waals surface area contributed by atoms with Crippen molar-refractivity contribution in [1.29, 1.82) is 0 Å². The lowest BCUT2D eigenvalue weighted by atomic mass is 10.1. The Balaban J connectivity index is 1.67. The quantitative estimate of drug-likeness (QED) is 0.796. The van der Waals surface area contributed by atoms with Gasteiger partial charge in [-0.25, -0.2) is 0 Å². The van der Waals surface area contributed by atoms with Crippen LogP contribution in [-0.4, -0.2) is 10.9 Å². The molecule has 104 valence electrons. The van der Waals surface area contributed by atoms with Crippen molar-refractivity contribution < 1.29 is 4.79 Å². The fourth-order valence-electron chi connectivity index (χ4n) is 2.03. The summed E-state index contributed by atoms with van der Waals surface area (Å²) in [6.45, 7) is 0.570. The van der Waals surface area contributed by atoms with Crippen molar-refractivity contribution in [3.63, 3.8) is 0 Å². The number of carbonyl (C=O) groups excluding carboxylic acids is 1. The molecule has 1 aromatic carbocycles. The SMILES string of the molecule is O=C(NCc1cccs1)c1ccc(-c2cccnc2)cc1. The molecule has 3 nitrogen and oxygen atoms in total. The minimum absolute atomic E-state index is 0.0545. The first kappa shape index (κ1) is 13.5. The number of hydrogen-bond acceptors (Lipinski definition) is 3. The molecule has 0 spiro atoms. The summed E-state index contributed by atoms with van der Waals surface area (Å²) >= 11 is 1.64. The van der Waals surface area contributed by atoms with Crippen molar-refractivity contribution in [1.82, 2.24) is 10.3 Å². The number of carbonyl (C=O) groups is 1. The first-order valence-electron chi connectivity index (χ1n) is 6.64. The molecule has 0 radical (unpaired) electrons. The van der Waals surface area contributed by atoms with Crippen molar-refractivity contribution in [2.45, 2.75) is 6.54 Å². The van der Waals surface area contributed by atoms with E-state index in [0.29, 0.717) is 12.1 Å². The minimum Gasteiger partial charge on any atom is -0.347 e. The van der Waals surface area contributed by atoms with E-state index < -0.39 is 0 Å². The monoisotopic (exact) mass is 294 g/mol. The predicted octanol–water partition coefficient (Wildman–Crippen LogP) is 3.74. The fourth-order valence-corrected chi connectivity index (χ4v) is 2.67. The van der Waals surface area contributed by atoms with Gasteiger partial charge >= 0.3 is 0 Å². The molecule has 21 heavy (non-hydrogen) atoms. The van der Waals surface area contributed by atoms with Crippen molar-refractivity contribution in [2.75, 3.05) is 0 Å². The third kappa shape index (κ3) is 3.35. The molecule has 0 fully saturated rings. The third-order valence-electron chi connectivity index (χ3n) is 3.15. The molecule has 3 aromatic rings. The van der Waals surface area contributed by atoms with Crippen molar-refractivity contribution >= 4 is 17.2 Å². The lowest BCUT2D eigenvalue weighted by Crippen LogP contribution is -2.22. The molecule has 0 atom stereocenters. The van der Waals surface area contributed by atoms with Crippen LogP contribution in [0.3, 0.4) is 0 Å². The summed E-state index contributed by atoms with van der Waals surface area (Å²) in [5, 5.41) is 4.92. The minimum atomic E-state index is -0.0545. The molecule has 0 saturated heterocycles. The van der Waals surface area contributed by atoms with E-state index in [1.807, 2.05) is 60.1 Å². The van der Waals surface area contributed by atoms with Crippen LogP contribution < -0.4 is 5.32 Å². The van der Waals surface area contributed by atoms with Gasteiger partial charge in [-0.3, -0.25) is 9.78 Å². The first-order valence-corrected chi connectivity index (χ1v) is 7.52. The molecular weight excluding hydrogens is 280 g/mol. The van der Waals surface area contributed by atoms with Gasteiger partial charge in [-0.2, -0.15) is 0 Å². The largest absolute Gasteiger partial charge is 0.347 e. The molecule has 0 saturated carbocycles. The highest BCUT2D eigenvalue weighted by Crippen LogP contribution is 2.18. The van der Waals surface area contributed by atoms with Gasteiger partial charge in [-0.15, -0.1) is 11.3 Å². The number of hydrogen-bond donors (Lipinski definition) is 1. The number of amides is 1. The zero-order chi connectivity index (χ0) is 14.5. The van der Waals surface area contributed by atoms with E-state index in [1.54, 1.807) is 17.5 Å². The second-order valence-electron chi connectivity index (χ2n) is 4.58. The summed E-state index contributed by atoms with van der Waals surface area (Å²) in [5.74, 6) is -0.0545. The van der Waals surface area contributed by atoms with Gasteiger partial charge < -0.3 is 5.32 Å². The van der Waals surface area contributed by atoms with E-state index in [4.69, 9.17) is 0 Å². The smallest absolute Gasteiger partial charge is 0.251 e. The van der Waals surface area contributed by atoms with Gasteiger partial charge in [-0.1, -0.05) is 24.3 Å². The van der Waals surface area contributed by atoms with E-state index >= 15 is 0 Å². The molecule has 0 aliphatic carbocycles. The van der Waals surface area contributed by atoms with Gasteiger partial charge in [-0.05, 0) is 40.8 Å². The van der Waals surface area contributed by atoms with Crippen LogP contribution in [0.4, 0.5) is 0 Å². The molecule has 1 N–H and O–H groups in total. The molecule has 1 amide bonds. The van der Waals surface area contributed by atoms with Crippen LogP contribution in [0.15, 0.2) is 66.3 Å². The summed E-state index contributed by atoms with van der Waals surface area (Å²) < 4.78 is 0. The van der Waals surface area contributed by atoms with Crippen LogP contribution in [0.1, 0.15) is 15.2 Å². The highest BCUT2D eigenvalue weighted by molar-refractivity contribution is 7.09. The summed E-state index contributed by atoms with van der Waals surface area (Å²) in [5.41, 5.74) is 2.76. The topological polar surface area (TPSA) is 42.0 Å². The van der Waals surface area contributed by atoms with Crippen LogP contribution in [0.5, 0.6) is 0 Å². The Labute approximate surface area is 127 Å². The number of nitrogens with one attached hydrogen (secondary N) is 1. The maximum Gasteiger partial charge on any atom is 0.251 e. The van der Waals surface area contributed by atoms with E-state index in [1.165, 1.54) is 0 Å². The van der Waals surface area contributed by atoms with Crippen LogP contribution in [0.25, 0.3) is 11.1 Å². The molecule has 2 heterocycles. The predicted molar refractivity (Wildman–Crippen MR) is 85.2 cm³/mol. The average Bonchev–Trinajstić information content (AvgIpc) is 3.07. The summed E-state index contributed by atoms with van der Waals surface area (Å²) in [7, 11) is 0. The highest BCUT2D eigenvalue weighted by Gasteiger charge is 2.06. The van der Waals surface area contributed by atoms with Crippen LogP contribution in [0.2, 0.25) is 0 Å². The molecular formula is C17H14N2OS. The Bertz CT molecular complexity index is 706. The third-order valence-corrected chi connectivity index (χ3v) is 4.02. The van der Waals surface area contributed by atoms with Gasteiger partial charge in [0.2, 0.25) is 0 Å². The number of rotatable bonds is 4. The maximum atomic E-state index is 12.1. The van der Waals surface area contributed by atoms with Crippen LogP contribution in [-0.2, 0) is 6.54 Å². The molecule has 0 aliphatic rings. The fraction of sp³-hybridized carbons (Fsp3) is 0.0588. The number of aromatic nitrogens is 1. The molecule has 2 aromatic heterocycles. The number of benzene rings is 1. The van der Waals surface area contributed by atoms with Gasteiger partial charge in [0, 0.05) is 22.8 Å². The second kappa shape index (κ2) is 6.33. The zero-order valence-electron chi connectivity index (χ0n) is 11.3. The average molecular weight is 294 g/mol. The van der Waals surface area contributed by atoms with Crippen molar-refractivity contribution in [2.24, 2.45) is 0 Å². The lowest BCUT2D eigenvalue weighted by Gasteiger charge is -2.05. The standard InChI is InChI=1S/C17H14N2OS/c20-17(19-12-16-4-2-10-21-16)14-7-5-13(6-8-14)15-3-1-9-18-11-15/h1-11H,12H2,(H,19,20). The number of nitrogens with zero attached hydrogens (tertiary/aromatic N) is 1. The van der Waals surface area contributed by atoms with Crippen LogP contribution in [0, 0.1) is 0 Å². The van der Waals surface area contributed by atoms with Crippen molar-refractivity contribution in [3.05, 3.63) is 76.7 Å². The van der Waals surface area contributed by atoms with Gasteiger partial charge in [0.25, 0.3) is 5.91 Å². The molecule has 0 bridgehead atoms. The Morgan fingerprint density at radius 1 is 1.05 bits per heavy atom. The van der Waals surface area contributed by atoms with Crippen molar-refractivity contribution in [3.8, 4) is 11.1 Å². The van der Waals surface area contributed by atoms with Gasteiger partial charge in [0.05, 0.1) is 6.54 Å². The summed E-state index contributed by atoms with van der Waals surface area (Å²) in [6.07, 6.45) is 3.56. The molecule has 0 unspecified atom stereocenters. The Morgan fingerprint density at radius 3 is 2.57 bits per heavy atom. The molecule has 4 heteroatoms. The molecule has 3 rings (SSSR count). The van der Waals surface area contributed by atoms with E-state index in [0.717, 1.165) is 16.0 Å². The number of thiophene rings is 1.